The molecule has 2 aromatic rings. The normalized spacial score (nSPS) is 18.5. The summed E-state index contributed by atoms with van der Waals surface area (Å²) in [5.41, 5.74) is -0.574. The Hall–Kier alpha value is -2.69. The third-order valence-electron chi connectivity index (χ3n) is 3.78. The van der Waals surface area contributed by atoms with Crippen molar-refractivity contribution in [2.75, 3.05) is 10.6 Å². The summed E-state index contributed by atoms with van der Waals surface area (Å²) < 4.78 is 0.567. The first-order chi connectivity index (χ1) is 11.5. The van der Waals surface area contributed by atoms with E-state index in [4.69, 9.17) is 5.26 Å². The monoisotopic (exact) mass is 385 g/mol. The van der Waals surface area contributed by atoms with Gasteiger partial charge >= 0.3 is 0 Å². The van der Waals surface area contributed by atoms with Gasteiger partial charge in [0.1, 0.15) is 0 Å². The largest absolute Gasteiger partial charge is 0.374 e. The van der Waals surface area contributed by atoms with Crippen LogP contribution in [0.25, 0.3) is 0 Å². The van der Waals surface area contributed by atoms with E-state index in [1.807, 2.05) is 6.07 Å². The van der Waals surface area contributed by atoms with Gasteiger partial charge in [0, 0.05) is 15.6 Å². The second-order valence-electron chi connectivity index (χ2n) is 5.35. The summed E-state index contributed by atoms with van der Waals surface area (Å²) in [4.78, 5) is 24.5. The van der Waals surface area contributed by atoms with Gasteiger partial charge in [-0.2, -0.15) is 5.26 Å². The lowest BCUT2D eigenvalue weighted by atomic mass is 9.92. The molecule has 1 aliphatic heterocycles. The number of hydrogen-bond donors (Lipinski definition) is 3. The zero-order chi connectivity index (χ0) is 17.3. The molecule has 7 heteroatoms. The van der Waals surface area contributed by atoms with E-state index in [1.165, 1.54) is 0 Å². The first-order valence-corrected chi connectivity index (χ1v) is 7.86. The standard InChI is InChI=1S/C17H12BrN3O3/c18-11-8-12-14(21-16(23)17(12,24)6-7-19)13(9-11)20-15(22)10-4-2-1-3-5-10/h1-5,8-9,24H,6H2,(H,20,22)(H,21,23). The smallest absolute Gasteiger partial charge is 0.262 e. The average molecular weight is 386 g/mol. The molecule has 0 aliphatic carbocycles. The van der Waals surface area contributed by atoms with Gasteiger partial charge in [0.25, 0.3) is 11.8 Å². The Morgan fingerprint density at radius 1 is 1.33 bits per heavy atom. The highest BCUT2D eigenvalue weighted by Gasteiger charge is 2.46. The van der Waals surface area contributed by atoms with Crippen LogP contribution >= 0.6 is 15.9 Å². The maximum Gasteiger partial charge on any atom is 0.262 e. The molecule has 1 atom stereocenters. The Balaban J connectivity index is 2.02. The zero-order valence-electron chi connectivity index (χ0n) is 12.3. The lowest BCUT2D eigenvalue weighted by Gasteiger charge is -2.17. The van der Waals surface area contributed by atoms with Gasteiger partial charge < -0.3 is 15.7 Å². The van der Waals surface area contributed by atoms with E-state index in [0.29, 0.717) is 21.4 Å². The highest BCUT2D eigenvalue weighted by molar-refractivity contribution is 9.10. The number of rotatable bonds is 3. The number of benzene rings is 2. The molecule has 120 valence electrons. The molecular formula is C17H12BrN3O3. The highest BCUT2D eigenvalue weighted by atomic mass is 79.9. The van der Waals surface area contributed by atoms with E-state index in [2.05, 4.69) is 26.6 Å². The van der Waals surface area contributed by atoms with Gasteiger partial charge in [-0.1, -0.05) is 34.1 Å². The Kier molecular flexibility index (Phi) is 4.09. The van der Waals surface area contributed by atoms with Crippen molar-refractivity contribution < 1.29 is 14.7 Å². The van der Waals surface area contributed by atoms with Crippen molar-refractivity contribution in [3.05, 3.63) is 58.1 Å². The number of hydrogen-bond acceptors (Lipinski definition) is 4. The number of fused-ring (bicyclic) bond motifs is 1. The number of carbonyl (C=O) groups is 2. The second-order valence-corrected chi connectivity index (χ2v) is 6.26. The van der Waals surface area contributed by atoms with E-state index in [-0.39, 0.29) is 17.9 Å². The number of nitriles is 1. The van der Waals surface area contributed by atoms with Crippen molar-refractivity contribution in [1.29, 1.82) is 5.26 Å². The van der Waals surface area contributed by atoms with Crippen molar-refractivity contribution >= 4 is 39.1 Å². The fourth-order valence-corrected chi connectivity index (χ4v) is 3.04. The fraction of sp³-hybridized carbons (Fsp3) is 0.118. The maximum absolute atomic E-state index is 12.3. The van der Waals surface area contributed by atoms with Gasteiger partial charge in [-0.25, -0.2) is 0 Å². The minimum Gasteiger partial charge on any atom is -0.374 e. The lowest BCUT2D eigenvalue weighted by molar-refractivity contribution is -0.133. The van der Waals surface area contributed by atoms with Crippen molar-refractivity contribution in [2.45, 2.75) is 12.0 Å². The summed E-state index contributed by atoms with van der Waals surface area (Å²) in [6, 6.07) is 13.6. The average Bonchev–Trinajstić information content (AvgIpc) is 2.81. The summed E-state index contributed by atoms with van der Waals surface area (Å²) in [5, 5.41) is 24.7. The van der Waals surface area contributed by atoms with E-state index in [9.17, 15) is 14.7 Å². The minimum absolute atomic E-state index is 0.256. The van der Waals surface area contributed by atoms with Gasteiger partial charge in [-0.05, 0) is 24.3 Å². The quantitative estimate of drug-likeness (QED) is 0.755. The molecule has 0 bridgehead atoms. The molecule has 2 amide bonds. The molecule has 6 nitrogen and oxygen atoms in total. The molecule has 24 heavy (non-hydrogen) atoms. The first kappa shape index (κ1) is 16.2. The van der Waals surface area contributed by atoms with Gasteiger partial charge in [-0.3, -0.25) is 9.59 Å². The van der Waals surface area contributed by atoms with E-state index in [0.717, 1.165) is 0 Å². The van der Waals surface area contributed by atoms with Crippen LogP contribution in [0.3, 0.4) is 0 Å². The molecule has 0 saturated carbocycles. The molecule has 2 aromatic carbocycles. The van der Waals surface area contributed by atoms with Crippen LogP contribution < -0.4 is 10.6 Å². The molecule has 1 heterocycles. The number of amides is 2. The number of aliphatic hydroxyl groups is 1. The lowest BCUT2D eigenvalue weighted by Crippen LogP contribution is -2.33. The highest BCUT2D eigenvalue weighted by Crippen LogP contribution is 2.44. The number of halogens is 1. The van der Waals surface area contributed by atoms with E-state index in [1.54, 1.807) is 42.5 Å². The van der Waals surface area contributed by atoms with Crippen molar-refractivity contribution in [3.8, 4) is 6.07 Å². The Bertz CT molecular complexity index is 877. The van der Waals surface area contributed by atoms with Crippen LogP contribution in [0.2, 0.25) is 0 Å². The van der Waals surface area contributed by atoms with Gasteiger partial charge in [0.05, 0.1) is 23.9 Å². The molecule has 0 saturated heterocycles. The summed E-state index contributed by atoms with van der Waals surface area (Å²) >= 11 is 3.30. The predicted octanol–water partition coefficient (Wildman–Crippen LogP) is 2.75. The van der Waals surface area contributed by atoms with Crippen molar-refractivity contribution in [2.24, 2.45) is 0 Å². The summed E-state index contributed by atoms with van der Waals surface area (Å²) in [5.74, 6) is -1.03. The van der Waals surface area contributed by atoms with Gasteiger partial charge in [0.15, 0.2) is 5.60 Å². The Morgan fingerprint density at radius 2 is 2.04 bits per heavy atom. The topological polar surface area (TPSA) is 102 Å². The number of anilines is 2. The molecular weight excluding hydrogens is 374 g/mol. The third-order valence-corrected chi connectivity index (χ3v) is 4.24. The van der Waals surface area contributed by atoms with E-state index >= 15 is 0 Å². The van der Waals surface area contributed by atoms with Crippen molar-refractivity contribution in [3.63, 3.8) is 0 Å². The van der Waals surface area contributed by atoms with Crippen LogP contribution in [-0.4, -0.2) is 16.9 Å². The van der Waals surface area contributed by atoms with Crippen LogP contribution in [0, 0.1) is 11.3 Å². The SMILES string of the molecule is N#CCC1(O)C(=O)Nc2c(NC(=O)c3ccccc3)cc(Br)cc21. The fourth-order valence-electron chi connectivity index (χ4n) is 2.58. The molecule has 1 aliphatic rings. The van der Waals surface area contributed by atoms with Crippen LogP contribution in [0.1, 0.15) is 22.3 Å². The molecule has 0 fully saturated rings. The van der Waals surface area contributed by atoms with Crippen molar-refractivity contribution in [1.82, 2.24) is 0 Å². The maximum atomic E-state index is 12.3. The van der Waals surface area contributed by atoms with Crippen LogP contribution in [0.5, 0.6) is 0 Å². The molecule has 0 spiro atoms. The first-order valence-electron chi connectivity index (χ1n) is 7.07. The zero-order valence-corrected chi connectivity index (χ0v) is 13.9. The Labute approximate surface area is 146 Å². The van der Waals surface area contributed by atoms with Gasteiger partial charge in [-0.15, -0.1) is 0 Å². The van der Waals surface area contributed by atoms with Crippen LogP contribution in [0.4, 0.5) is 11.4 Å². The molecule has 3 N–H and O–H groups in total. The molecule has 0 aromatic heterocycles. The Morgan fingerprint density at radius 3 is 2.71 bits per heavy atom. The minimum atomic E-state index is -1.93. The molecule has 3 rings (SSSR count). The predicted molar refractivity (Wildman–Crippen MR) is 91.3 cm³/mol. The van der Waals surface area contributed by atoms with Gasteiger partial charge in [0.2, 0.25) is 0 Å². The van der Waals surface area contributed by atoms with Crippen LogP contribution in [-0.2, 0) is 10.4 Å². The summed E-state index contributed by atoms with van der Waals surface area (Å²) in [7, 11) is 0. The number of nitrogens with zero attached hydrogens (tertiary/aromatic N) is 1. The molecule has 1 unspecified atom stereocenters. The molecule has 0 radical (unpaired) electrons. The second kappa shape index (κ2) is 6.07. The summed E-state index contributed by atoms with van der Waals surface area (Å²) in [6.07, 6.45) is -0.381. The summed E-state index contributed by atoms with van der Waals surface area (Å²) in [6.45, 7) is 0. The number of nitrogens with one attached hydrogen (secondary N) is 2. The van der Waals surface area contributed by atoms with E-state index < -0.39 is 11.5 Å². The van der Waals surface area contributed by atoms with Crippen LogP contribution in [0.15, 0.2) is 46.9 Å². The third kappa shape index (κ3) is 2.66. The number of carbonyl (C=O) groups excluding carboxylic acids is 2.